The number of benzene rings is 6. The van der Waals surface area contributed by atoms with E-state index in [4.69, 9.17) is 4.98 Å². The molecule has 1 heterocycles. The third-order valence-electron chi connectivity index (χ3n) is 9.79. The molecule has 274 valence electrons. The Morgan fingerprint density at radius 1 is 0.667 bits per heavy atom. The average Bonchev–Trinajstić information content (AvgIpc) is 3.18. The number of hydrogen-bond donors (Lipinski definition) is 5. The van der Waals surface area contributed by atoms with Gasteiger partial charge in [-0.15, -0.1) is 0 Å². The van der Waals surface area contributed by atoms with Crippen molar-refractivity contribution in [2.45, 2.75) is 39.3 Å². The van der Waals surface area contributed by atoms with Crippen molar-refractivity contribution in [1.29, 1.82) is 0 Å². The van der Waals surface area contributed by atoms with Crippen molar-refractivity contribution < 1.29 is 35.1 Å². The van der Waals surface area contributed by atoms with Crippen molar-refractivity contribution in [3.63, 3.8) is 0 Å². The van der Waals surface area contributed by atoms with Crippen molar-refractivity contribution in [2.24, 2.45) is 0 Å². The Bertz CT molecular complexity index is 2380. The first kappa shape index (κ1) is 37.5. The number of carboxylic acids is 2. The molecule has 0 aliphatic rings. The number of carbonyl (C=O) groups is 2. The molecule has 0 saturated carbocycles. The highest BCUT2D eigenvalue weighted by atomic mass is 16.4. The average molecular weight is 723 g/mol. The number of aromatic hydroxyl groups is 2. The van der Waals surface area contributed by atoms with Crippen molar-refractivity contribution in [1.82, 2.24) is 9.88 Å². The maximum absolute atomic E-state index is 11.6. The quantitative estimate of drug-likeness (QED) is 0.0931. The lowest BCUT2D eigenvalue weighted by molar-refractivity contribution is 0.0682. The van der Waals surface area contributed by atoms with Gasteiger partial charge in [-0.2, -0.15) is 0 Å². The largest absolute Gasteiger partial charge is 0.507 e. The number of aromatic carboxylic acids is 2. The molecule has 5 N–H and O–H groups in total. The first-order valence-corrected chi connectivity index (χ1v) is 17.8. The van der Waals surface area contributed by atoms with E-state index in [1.54, 1.807) is 48.5 Å². The summed E-state index contributed by atoms with van der Waals surface area (Å²) in [4.78, 5) is 30.3. The molecule has 7 rings (SSSR count). The van der Waals surface area contributed by atoms with Crippen LogP contribution in [-0.2, 0) is 6.42 Å². The molecule has 54 heavy (non-hydrogen) atoms. The van der Waals surface area contributed by atoms with Crippen LogP contribution in [0, 0.1) is 0 Å². The highest BCUT2D eigenvalue weighted by Gasteiger charge is 2.23. The van der Waals surface area contributed by atoms with Gasteiger partial charge in [0.05, 0.1) is 17.3 Å². The first-order valence-electron chi connectivity index (χ1n) is 17.8. The molecule has 0 amide bonds. The maximum atomic E-state index is 11.6. The summed E-state index contributed by atoms with van der Waals surface area (Å²) in [5.74, 6) is -3.36. The van der Waals surface area contributed by atoms with E-state index < -0.39 is 29.5 Å². The number of aromatic nitrogens is 1. The Morgan fingerprint density at radius 3 is 1.70 bits per heavy atom. The van der Waals surface area contributed by atoms with Crippen LogP contribution in [0.15, 0.2) is 121 Å². The lowest BCUT2D eigenvalue weighted by atomic mass is 9.90. The van der Waals surface area contributed by atoms with Crippen molar-refractivity contribution in [3.05, 3.63) is 149 Å². The molecular weight excluding hydrogens is 681 g/mol. The van der Waals surface area contributed by atoms with Crippen molar-refractivity contribution >= 4 is 44.4 Å². The summed E-state index contributed by atoms with van der Waals surface area (Å²) in [6, 6.07) is 37.5. The van der Waals surface area contributed by atoms with Gasteiger partial charge in [-0.1, -0.05) is 110 Å². The Morgan fingerprint density at radius 2 is 1.19 bits per heavy atom. The molecule has 6 aromatic carbocycles. The van der Waals surface area contributed by atoms with Crippen LogP contribution in [0.3, 0.4) is 0 Å². The molecule has 0 spiro atoms. The normalized spacial score (nSPS) is 11.9. The number of aliphatic hydroxyl groups is 1. The van der Waals surface area contributed by atoms with E-state index in [0.717, 1.165) is 34.3 Å². The van der Waals surface area contributed by atoms with E-state index in [1.807, 2.05) is 42.5 Å². The van der Waals surface area contributed by atoms with Gasteiger partial charge in [-0.05, 0) is 60.1 Å². The lowest BCUT2D eigenvalue weighted by Gasteiger charge is -2.27. The molecule has 1 atom stereocenters. The van der Waals surface area contributed by atoms with Gasteiger partial charge in [0, 0.05) is 46.6 Å². The molecule has 0 radical (unpaired) electrons. The minimum absolute atomic E-state index is 0.0407. The third-order valence-corrected chi connectivity index (χ3v) is 9.79. The molecule has 9 heteroatoms. The minimum atomic E-state index is -1.28. The zero-order valence-corrected chi connectivity index (χ0v) is 30.3. The lowest BCUT2D eigenvalue weighted by Crippen LogP contribution is -2.34. The summed E-state index contributed by atoms with van der Waals surface area (Å²) in [7, 11) is 0. The summed E-state index contributed by atoms with van der Waals surface area (Å²) >= 11 is 0. The van der Waals surface area contributed by atoms with Gasteiger partial charge in [0.15, 0.2) is 0 Å². The van der Waals surface area contributed by atoms with E-state index in [2.05, 4.69) is 43.9 Å². The Hall–Kier alpha value is -6.29. The van der Waals surface area contributed by atoms with E-state index >= 15 is 0 Å². The second kappa shape index (κ2) is 16.2. The second-order valence-corrected chi connectivity index (χ2v) is 13.4. The molecule has 0 bridgehead atoms. The number of aliphatic hydroxyl groups excluding tert-OH is 1. The van der Waals surface area contributed by atoms with Crippen LogP contribution >= 0.6 is 0 Å². The predicted octanol–water partition coefficient (Wildman–Crippen LogP) is 9.06. The number of rotatable bonds is 10. The Labute approximate surface area is 313 Å². The van der Waals surface area contributed by atoms with Crippen molar-refractivity contribution in [3.8, 4) is 22.8 Å². The summed E-state index contributed by atoms with van der Waals surface area (Å²) < 4.78 is 0. The standard InChI is InChI=1S/C23H16O6.C22H26N2O/c24-20-16(14-7-3-1-5-12(14)9-18(20)22(26)27)11-17-15-8-4-2-6-13(15)10-19(21(17)25)23(28)29;1-4-24(16(2)3)15-21(25)19-12-8-11-18-13-14-20(23-22(18)19)17-9-6-5-7-10-17/h1-10,24-25H,11H2,(H,26,27)(H,28,29);5-14,16,21,25H,4,15H2,1-3H3. The number of pyridine rings is 1. The SMILES string of the molecule is CCN(CC(O)c1cccc2ccc(-c3ccccc3)nc12)C(C)C.O=C(O)c1cc2ccccc2c(Cc2c(O)c(C(=O)O)cc3ccccc23)c1O. The molecule has 9 nitrogen and oxygen atoms in total. The van der Waals surface area contributed by atoms with Crippen LogP contribution in [-0.4, -0.2) is 66.5 Å². The van der Waals surface area contributed by atoms with Crippen LogP contribution in [0.1, 0.15) is 64.3 Å². The zero-order valence-electron chi connectivity index (χ0n) is 30.3. The smallest absolute Gasteiger partial charge is 0.339 e. The van der Waals surface area contributed by atoms with Crippen LogP contribution < -0.4 is 0 Å². The molecule has 0 aliphatic carbocycles. The summed E-state index contributed by atoms with van der Waals surface area (Å²) in [6.07, 6.45) is -0.592. The number of fused-ring (bicyclic) bond motifs is 3. The highest BCUT2D eigenvalue weighted by Crippen LogP contribution is 2.39. The van der Waals surface area contributed by atoms with Crippen LogP contribution in [0.5, 0.6) is 11.5 Å². The van der Waals surface area contributed by atoms with Crippen molar-refractivity contribution in [2.75, 3.05) is 13.1 Å². The van der Waals surface area contributed by atoms with E-state index in [-0.39, 0.29) is 17.5 Å². The van der Waals surface area contributed by atoms with Gasteiger partial charge in [-0.25, -0.2) is 14.6 Å². The first-order chi connectivity index (χ1) is 26.0. The molecule has 0 fully saturated rings. The number of likely N-dealkylation sites (N-methyl/N-ethyl adjacent to an activating group) is 1. The van der Waals surface area contributed by atoms with Crippen LogP contribution in [0.2, 0.25) is 0 Å². The Kier molecular flexibility index (Phi) is 11.2. The molecule has 1 aromatic heterocycles. The number of phenols is 2. The number of hydrogen-bond acceptors (Lipinski definition) is 7. The number of para-hydroxylation sites is 1. The fourth-order valence-corrected chi connectivity index (χ4v) is 6.92. The number of carboxylic acid groups (broad SMARTS) is 2. The summed E-state index contributed by atoms with van der Waals surface area (Å²) in [5, 5.41) is 54.7. The molecule has 7 aromatic rings. The fraction of sp³-hybridized carbons (Fsp3) is 0.178. The van der Waals surface area contributed by atoms with Gasteiger partial charge >= 0.3 is 11.9 Å². The monoisotopic (exact) mass is 722 g/mol. The van der Waals surface area contributed by atoms with Crippen LogP contribution in [0.25, 0.3) is 43.7 Å². The fourth-order valence-electron chi connectivity index (χ4n) is 6.92. The molecule has 1 unspecified atom stereocenters. The van der Waals surface area contributed by atoms with Gasteiger partial charge in [0.25, 0.3) is 0 Å². The molecule has 0 aliphatic heterocycles. The van der Waals surface area contributed by atoms with Gasteiger partial charge in [-0.3, -0.25) is 4.90 Å². The summed E-state index contributed by atoms with van der Waals surface area (Å²) in [6.45, 7) is 7.98. The topological polar surface area (TPSA) is 151 Å². The summed E-state index contributed by atoms with van der Waals surface area (Å²) in [5.41, 5.74) is 3.92. The minimum Gasteiger partial charge on any atom is -0.507 e. The zero-order chi connectivity index (χ0) is 38.5. The predicted molar refractivity (Wildman–Crippen MR) is 212 cm³/mol. The highest BCUT2D eigenvalue weighted by molar-refractivity contribution is 6.02. The van der Waals surface area contributed by atoms with Gasteiger partial charge < -0.3 is 25.5 Å². The number of nitrogens with zero attached hydrogens (tertiary/aromatic N) is 2. The molecule has 0 saturated heterocycles. The molecular formula is C45H42N2O7. The Balaban J connectivity index is 0.000000186. The maximum Gasteiger partial charge on any atom is 0.339 e. The van der Waals surface area contributed by atoms with E-state index in [9.17, 15) is 35.1 Å². The third kappa shape index (κ3) is 7.73. The van der Waals surface area contributed by atoms with E-state index in [0.29, 0.717) is 45.3 Å². The van der Waals surface area contributed by atoms with E-state index in [1.165, 1.54) is 12.1 Å². The van der Waals surface area contributed by atoms with Gasteiger partial charge in [0.1, 0.15) is 22.6 Å². The van der Waals surface area contributed by atoms with Gasteiger partial charge in [0.2, 0.25) is 0 Å². The second-order valence-electron chi connectivity index (χ2n) is 13.4. The van der Waals surface area contributed by atoms with Crippen LogP contribution in [0.4, 0.5) is 0 Å².